The number of benzene rings is 3. The Kier molecular flexibility index (Phi) is 9.57. The molecule has 0 aliphatic rings. The van der Waals surface area contributed by atoms with E-state index in [2.05, 4.69) is 31.0 Å². The average molecular weight is 524 g/mol. The minimum Gasteiger partial charge on any atom is -0.497 e. The smallest absolute Gasteiger partial charge is 0.247 e. The molecule has 6 heteroatoms. The molecule has 6 nitrogen and oxygen atoms in total. The van der Waals surface area contributed by atoms with E-state index in [1.165, 1.54) is 5.56 Å². The van der Waals surface area contributed by atoms with Gasteiger partial charge in [0.15, 0.2) is 0 Å². The molecule has 1 aromatic heterocycles. The van der Waals surface area contributed by atoms with E-state index >= 15 is 0 Å². The molecule has 0 saturated heterocycles. The van der Waals surface area contributed by atoms with Gasteiger partial charge in [-0.3, -0.25) is 9.59 Å². The van der Waals surface area contributed by atoms with Crippen LogP contribution in [0.2, 0.25) is 0 Å². The molecule has 0 spiro atoms. The highest BCUT2D eigenvalue weighted by molar-refractivity contribution is 5.94. The zero-order chi connectivity index (χ0) is 27.6. The predicted molar refractivity (Wildman–Crippen MR) is 157 cm³/mol. The molecule has 0 atom stereocenters. The van der Waals surface area contributed by atoms with E-state index in [-0.39, 0.29) is 24.3 Å². The number of methoxy groups -OCH3 is 1. The highest BCUT2D eigenvalue weighted by Gasteiger charge is 2.22. The molecule has 39 heavy (non-hydrogen) atoms. The van der Waals surface area contributed by atoms with Gasteiger partial charge in [0.05, 0.1) is 7.11 Å². The lowest BCUT2D eigenvalue weighted by Crippen LogP contribution is -2.44. The number of H-pyrrole nitrogens is 1. The summed E-state index contributed by atoms with van der Waals surface area (Å²) in [5, 5.41) is 1.16. The molecule has 0 aliphatic heterocycles. The minimum atomic E-state index is -0.165. The molecule has 1 heterocycles. The van der Waals surface area contributed by atoms with Gasteiger partial charge >= 0.3 is 0 Å². The molecule has 1 N–H and O–H groups in total. The first-order valence-corrected chi connectivity index (χ1v) is 13.4. The lowest BCUT2D eigenvalue weighted by Gasteiger charge is -2.28. The molecular formula is C33H37N3O3. The first-order chi connectivity index (χ1) is 18.9. The molecule has 2 amide bonds. The van der Waals surface area contributed by atoms with Crippen LogP contribution in [0.5, 0.6) is 5.75 Å². The Bertz CT molecular complexity index is 1390. The molecule has 4 aromatic rings. The Labute approximate surface area is 230 Å². The van der Waals surface area contributed by atoms with Gasteiger partial charge in [-0.15, -0.1) is 0 Å². The van der Waals surface area contributed by atoms with E-state index in [0.29, 0.717) is 26.1 Å². The van der Waals surface area contributed by atoms with Crippen LogP contribution in [0.25, 0.3) is 17.0 Å². The summed E-state index contributed by atoms with van der Waals surface area (Å²) in [6.45, 7) is 5.63. The third-order valence-electron chi connectivity index (χ3n) is 6.65. The Morgan fingerprint density at radius 2 is 1.64 bits per heavy atom. The van der Waals surface area contributed by atoms with Crippen molar-refractivity contribution in [1.82, 2.24) is 14.8 Å². The van der Waals surface area contributed by atoms with Crippen molar-refractivity contribution in [1.29, 1.82) is 0 Å². The molecule has 0 radical (unpaired) electrons. The van der Waals surface area contributed by atoms with Crippen LogP contribution in [0.4, 0.5) is 0 Å². The minimum absolute atomic E-state index is 0.0280. The normalized spacial score (nSPS) is 11.3. The van der Waals surface area contributed by atoms with E-state index in [1.807, 2.05) is 77.8 Å². The number of hydrogen-bond acceptors (Lipinski definition) is 3. The molecule has 0 unspecified atom stereocenters. The maximum Gasteiger partial charge on any atom is 0.247 e. The third kappa shape index (κ3) is 7.84. The zero-order valence-corrected chi connectivity index (χ0v) is 23.0. The van der Waals surface area contributed by atoms with Crippen molar-refractivity contribution < 1.29 is 14.3 Å². The highest BCUT2D eigenvalue weighted by atomic mass is 16.5. The van der Waals surface area contributed by atoms with Gasteiger partial charge in [0, 0.05) is 42.8 Å². The van der Waals surface area contributed by atoms with Gasteiger partial charge in [0.1, 0.15) is 12.3 Å². The predicted octanol–water partition coefficient (Wildman–Crippen LogP) is 5.95. The Morgan fingerprint density at radius 3 is 2.36 bits per heavy atom. The zero-order valence-electron chi connectivity index (χ0n) is 23.0. The van der Waals surface area contributed by atoms with Gasteiger partial charge in [-0.05, 0) is 53.3 Å². The summed E-state index contributed by atoms with van der Waals surface area (Å²) in [5.74, 6) is 0.761. The second-order valence-corrected chi connectivity index (χ2v) is 10.1. The highest BCUT2D eigenvalue weighted by Crippen LogP contribution is 2.20. The second-order valence-electron chi connectivity index (χ2n) is 10.1. The standard InChI is InChI=1S/C33H37N3O3/c1-25(2)22-36(32(37)18-15-26-9-5-4-6-10-26)24-33(38)35(23-27-13-16-29(39-3)17-14-27)20-19-28-21-34-31-12-8-7-11-30(28)31/h4-18,21,25,34H,19-20,22-24H2,1-3H3/b18-15+. The largest absolute Gasteiger partial charge is 0.497 e. The summed E-state index contributed by atoms with van der Waals surface area (Å²) in [5.41, 5.74) is 4.20. The fraction of sp³-hybridized carbons (Fsp3) is 0.273. The number of ether oxygens (including phenoxy) is 1. The van der Waals surface area contributed by atoms with Crippen LogP contribution in [-0.4, -0.2) is 53.3 Å². The summed E-state index contributed by atoms with van der Waals surface area (Å²) in [4.78, 5) is 33.7. The average Bonchev–Trinajstić information content (AvgIpc) is 3.37. The molecule has 0 saturated carbocycles. The van der Waals surface area contributed by atoms with Gasteiger partial charge in [0.2, 0.25) is 11.8 Å². The summed E-state index contributed by atoms with van der Waals surface area (Å²) >= 11 is 0. The van der Waals surface area contributed by atoms with Crippen LogP contribution < -0.4 is 4.74 Å². The molecule has 4 rings (SSSR count). The van der Waals surface area contributed by atoms with E-state index in [4.69, 9.17) is 4.74 Å². The number of carbonyl (C=O) groups is 2. The van der Waals surface area contributed by atoms with E-state index in [0.717, 1.165) is 27.8 Å². The number of aromatic amines is 1. The number of nitrogens with zero attached hydrogens (tertiary/aromatic N) is 2. The molecule has 202 valence electrons. The number of carbonyl (C=O) groups excluding carboxylic acids is 2. The second kappa shape index (κ2) is 13.5. The fourth-order valence-corrected chi connectivity index (χ4v) is 4.61. The van der Waals surface area contributed by atoms with Crippen molar-refractivity contribution in [2.75, 3.05) is 26.7 Å². The molecular weight excluding hydrogens is 486 g/mol. The van der Waals surface area contributed by atoms with Crippen LogP contribution in [0.15, 0.2) is 91.1 Å². The quantitative estimate of drug-likeness (QED) is 0.234. The molecule has 0 bridgehead atoms. The molecule has 3 aromatic carbocycles. The van der Waals surface area contributed by atoms with Crippen LogP contribution in [0.3, 0.4) is 0 Å². The van der Waals surface area contributed by atoms with Crippen LogP contribution in [0, 0.1) is 5.92 Å². The van der Waals surface area contributed by atoms with Crippen molar-refractivity contribution in [2.45, 2.75) is 26.8 Å². The van der Waals surface area contributed by atoms with Crippen LogP contribution >= 0.6 is 0 Å². The SMILES string of the molecule is COc1ccc(CN(CCc2c[nH]c3ccccc23)C(=O)CN(CC(C)C)C(=O)/C=C/c2ccccc2)cc1. The van der Waals surface area contributed by atoms with Gasteiger partial charge in [0.25, 0.3) is 0 Å². The number of para-hydroxylation sites is 1. The summed E-state index contributed by atoms with van der Waals surface area (Å²) in [7, 11) is 1.64. The summed E-state index contributed by atoms with van der Waals surface area (Å²) < 4.78 is 5.30. The number of aromatic nitrogens is 1. The monoisotopic (exact) mass is 523 g/mol. The molecule has 0 aliphatic carbocycles. The summed E-state index contributed by atoms with van der Waals surface area (Å²) in [6.07, 6.45) is 6.08. The van der Waals surface area contributed by atoms with Crippen LogP contribution in [-0.2, 0) is 22.6 Å². The first kappa shape index (κ1) is 27.7. The third-order valence-corrected chi connectivity index (χ3v) is 6.65. The van der Waals surface area contributed by atoms with Crippen molar-refractivity contribution >= 4 is 28.8 Å². The van der Waals surface area contributed by atoms with Gasteiger partial charge < -0.3 is 19.5 Å². The number of nitrogens with one attached hydrogen (secondary N) is 1. The van der Waals surface area contributed by atoms with Gasteiger partial charge in [-0.25, -0.2) is 0 Å². The van der Waals surface area contributed by atoms with Gasteiger partial charge in [-0.1, -0.05) is 74.5 Å². The summed E-state index contributed by atoms with van der Waals surface area (Å²) in [6, 6.07) is 25.6. The van der Waals surface area contributed by atoms with Gasteiger partial charge in [-0.2, -0.15) is 0 Å². The Balaban J connectivity index is 1.52. The van der Waals surface area contributed by atoms with E-state index in [9.17, 15) is 9.59 Å². The van der Waals surface area contributed by atoms with Crippen molar-refractivity contribution in [2.24, 2.45) is 5.92 Å². The van der Waals surface area contributed by atoms with Crippen LogP contribution in [0.1, 0.15) is 30.5 Å². The first-order valence-electron chi connectivity index (χ1n) is 13.4. The van der Waals surface area contributed by atoms with E-state index in [1.54, 1.807) is 24.2 Å². The van der Waals surface area contributed by atoms with Crippen molar-refractivity contribution in [3.05, 3.63) is 108 Å². The maximum atomic E-state index is 13.7. The lowest BCUT2D eigenvalue weighted by molar-refractivity contribution is -0.139. The van der Waals surface area contributed by atoms with Crippen molar-refractivity contribution in [3.8, 4) is 5.75 Å². The maximum absolute atomic E-state index is 13.7. The fourth-order valence-electron chi connectivity index (χ4n) is 4.61. The number of fused-ring (bicyclic) bond motifs is 1. The Hall–Kier alpha value is -4.32. The van der Waals surface area contributed by atoms with Crippen molar-refractivity contribution in [3.63, 3.8) is 0 Å². The topological polar surface area (TPSA) is 65.6 Å². The number of hydrogen-bond donors (Lipinski definition) is 1. The van der Waals surface area contributed by atoms with E-state index < -0.39 is 0 Å². The lowest BCUT2D eigenvalue weighted by atomic mass is 10.1. The number of amides is 2. The molecule has 0 fully saturated rings. The Morgan fingerprint density at radius 1 is 0.923 bits per heavy atom. The number of rotatable bonds is 12.